The van der Waals surface area contributed by atoms with E-state index in [1.807, 2.05) is 0 Å². The van der Waals surface area contributed by atoms with Crippen molar-refractivity contribution in [1.29, 1.82) is 0 Å². The average molecular weight is 299 g/mol. The van der Waals surface area contributed by atoms with Gasteiger partial charge in [-0.2, -0.15) is 0 Å². The predicted molar refractivity (Wildman–Crippen MR) is 97.5 cm³/mol. The molecule has 1 aliphatic heterocycles. The molecule has 0 saturated heterocycles. The summed E-state index contributed by atoms with van der Waals surface area (Å²) in [6.45, 7) is 4.42. The number of fused-ring (bicyclic) bond motifs is 1. The Morgan fingerprint density at radius 2 is 1.52 bits per heavy atom. The third kappa shape index (κ3) is 2.33. The number of rotatable bonds is 2. The van der Waals surface area contributed by atoms with Gasteiger partial charge in [-0.25, -0.2) is 0 Å². The molecular formula is C22H21N. The van der Waals surface area contributed by atoms with Crippen molar-refractivity contribution in [3.63, 3.8) is 0 Å². The average Bonchev–Trinajstić information content (AvgIpc) is 2.95. The summed E-state index contributed by atoms with van der Waals surface area (Å²) in [5, 5.41) is 0. The van der Waals surface area contributed by atoms with E-state index in [1.54, 1.807) is 0 Å². The fourth-order valence-corrected chi connectivity index (χ4v) is 3.79. The Hall–Kier alpha value is -2.54. The van der Waals surface area contributed by atoms with Crippen LogP contribution in [0.15, 0.2) is 72.8 Å². The van der Waals surface area contributed by atoms with Crippen LogP contribution in [0.5, 0.6) is 0 Å². The first kappa shape index (κ1) is 14.1. The quantitative estimate of drug-likeness (QED) is 0.558. The van der Waals surface area contributed by atoms with Gasteiger partial charge in [0.2, 0.25) is 0 Å². The smallest absolute Gasteiger partial charge is 0.0382 e. The zero-order valence-corrected chi connectivity index (χ0v) is 13.7. The second-order valence-corrected chi connectivity index (χ2v) is 6.33. The van der Waals surface area contributed by atoms with Crippen molar-refractivity contribution >= 4 is 5.70 Å². The highest BCUT2D eigenvalue weighted by atomic mass is 15.0. The number of benzene rings is 2. The van der Waals surface area contributed by atoms with Crippen molar-refractivity contribution in [3.05, 3.63) is 89.8 Å². The maximum absolute atomic E-state index is 2.43. The van der Waals surface area contributed by atoms with Crippen LogP contribution >= 0.6 is 0 Å². The van der Waals surface area contributed by atoms with Crippen molar-refractivity contribution in [1.82, 2.24) is 4.57 Å². The van der Waals surface area contributed by atoms with Crippen molar-refractivity contribution in [2.45, 2.75) is 26.2 Å². The Kier molecular flexibility index (Phi) is 3.42. The molecule has 1 nitrogen and oxygen atoms in total. The van der Waals surface area contributed by atoms with Gasteiger partial charge in [-0.1, -0.05) is 66.7 Å². The lowest BCUT2D eigenvalue weighted by atomic mass is 9.86. The summed E-state index contributed by atoms with van der Waals surface area (Å²) in [6, 6.07) is 24.0. The minimum absolute atomic E-state index is 0.420. The summed E-state index contributed by atoms with van der Waals surface area (Å²) < 4.78 is 2.43. The zero-order valence-electron chi connectivity index (χ0n) is 13.7. The molecule has 3 aromatic rings. The van der Waals surface area contributed by atoms with Crippen LogP contribution in [0.25, 0.3) is 16.8 Å². The minimum atomic E-state index is 0.420. The van der Waals surface area contributed by atoms with Crippen LogP contribution in [0.1, 0.15) is 36.2 Å². The summed E-state index contributed by atoms with van der Waals surface area (Å²) in [6.07, 6.45) is 3.44. The molecule has 0 bridgehead atoms. The number of allylic oxidation sites excluding steroid dienone is 2. The summed E-state index contributed by atoms with van der Waals surface area (Å²) in [5.41, 5.74) is 8.15. The highest BCUT2D eigenvalue weighted by Gasteiger charge is 2.26. The van der Waals surface area contributed by atoms with Gasteiger partial charge in [-0.15, -0.1) is 0 Å². The monoisotopic (exact) mass is 299 g/mol. The van der Waals surface area contributed by atoms with Gasteiger partial charge in [0.1, 0.15) is 0 Å². The highest BCUT2D eigenvalue weighted by Crippen LogP contribution is 2.42. The standard InChI is InChI=1S/C22H21N/c1-16-13-14-20(18-9-5-3-6-10-18)22-21(15-17(2)23(16)22)19-11-7-4-8-12-19/h3-13,15,20H,14H2,1-2H3. The van der Waals surface area contributed by atoms with E-state index < -0.39 is 0 Å². The van der Waals surface area contributed by atoms with Crippen LogP contribution in [-0.2, 0) is 0 Å². The van der Waals surface area contributed by atoms with E-state index in [1.165, 1.54) is 33.8 Å². The lowest BCUT2D eigenvalue weighted by Crippen LogP contribution is -2.14. The fraction of sp³-hybridized carbons (Fsp3) is 0.182. The molecule has 2 heterocycles. The molecule has 0 spiro atoms. The first-order valence-corrected chi connectivity index (χ1v) is 8.25. The normalized spacial score (nSPS) is 16.8. The van der Waals surface area contributed by atoms with Crippen LogP contribution < -0.4 is 0 Å². The first-order valence-electron chi connectivity index (χ1n) is 8.25. The lowest BCUT2D eigenvalue weighted by Gasteiger charge is -2.27. The molecule has 0 saturated carbocycles. The predicted octanol–water partition coefficient (Wildman–Crippen LogP) is 5.86. The third-order valence-corrected chi connectivity index (χ3v) is 4.84. The van der Waals surface area contributed by atoms with Gasteiger partial charge < -0.3 is 4.57 Å². The Labute approximate surface area is 137 Å². The molecule has 0 radical (unpaired) electrons. The van der Waals surface area contributed by atoms with Gasteiger partial charge in [0.05, 0.1) is 0 Å². The molecule has 23 heavy (non-hydrogen) atoms. The Balaban J connectivity index is 1.95. The van der Waals surface area contributed by atoms with E-state index in [-0.39, 0.29) is 0 Å². The molecule has 114 valence electrons. The summed E-state index contributed by atoms with van der Waals surface area (Å²) >= 11 is 0. The van der Waals surface area contributed by atoms with E-state index in [0.717, 1.165) is 6.42 Å². The van der Waals surface area contributed by atoms with Gasteiger partial charge in [0.15, 0.2) is 0 Å². The SMILES string of the molecule is CC1=CCC(c2ccccc2)c2c(-c3ccccc3)cc(C)n21. The van der Waals surface area contributed by atoms with E-state index in [4.69, 9.17) is 0 Å². The summed E-state index contributed by atoms with van der Waals surface area (Å²) in [5.74, 6) is 0.420. The maximum atomic E-state index is 2.43. The van der Waals surface area contributed by atoms with Crippen molar-refractivity contribution in [3.8, 4) is 11.1 Å². The molecule has 0 aliphatic carbocycles. The number of aryl methyl sites for hydroxylation is 1. The third-order valence-electron chi connectivity index (χ3n) is 4.84. The Morgan fingerprint density at radius 1 is 0.870 bits per heavy atom. The molecular weight excluding hydrogens is 278 g/mol. The maximum Gasteiger partial charge on any atom is 0.0382 e. The Morgan fingerprint density at radius 3 is 2.22 bits per heavy atom. The van der Waals surface area contributed by atoms with E-state index >= 15 is 0 Å². The zero-order chi connectivity index (χ0) is 15.8. The molecule has 1 unspecified atom stereocenters. The molecule has 0 N–H and O–H groups in total. The summed E-state index contributed by atoms with van der Waals surface area (Å²) in [4.78, 5) is 0. The number of nitrogens with zero attached hydrogens (tertiary/aromatic N) is 1. The number of hydrogen-bond donors (Lipinski definition) is 0. The molecule has 1 aliphatic rings. The topological polar surface area (TPSA) is 4.93 Å². The lowest BCUT2D eigenvalue weighted by molar-refractivity contribution is 0.735. The Bertz CT molecular complexity index is 854. The second kappa shape index (κ2) is 5.58. The van der Waals surface area contributed by atoms with Gasteiger partial charge in [-0.3, -0.25) is 0 Å². The first-order chi connectivity index (χ1) is 11.3. The van der Waals surface area contributed by atoms with Gasteiger partial charge in [0, 0.05) is 28.6 Å². The van der Waals surface area contributed by atoms with Crippen LogP contribution in [0.2, 0.25) is 0 Å². The largest absolute Gasteiger partial charge is 0.321 e. The van der Waals surface area contributed by atoms with Gasteiger partial charge in [0.25, 0.3) is 0 Å². The van der Waals surface area contributed by atoms with Crippen molar-refractivity contribution < 1.29 is 0 Å². The van der Waals surface area contributed by atoms with E-state index in [2.05, 4.69) is 91.2 Å². The van der Waals surface area contributed by atoms with Gasteiger partial charge >= 0.3 is 0 Å². The fourth-order valence-electron chi connectivity index (χ4n) is 3.79. The van der Waals surface area contributed by atoms with E-state index in [0.29, 0.717) is 5.92 Å². The van der Waals surface area contributed by atoms with Crippen LogP contribution in [-0.4, -0.2) is 4.57 Å². The van der Waals surface area contributed by atoms with Crippen LogP contribution in [0.4, 0.5) is 0 Å². The van der Waals surface area contributed by atoms with Crippen molar-refractivity contribution in [2.75, 3.05) is 0 Å². The van der Waals surface area contributed by atoms with Gasteiger partial charge in [-0.05, 0) is 37.5 Å². The minimum Gasteiger partial charge on any atom is -0.321 e. The van der Waals surface area contributed by atoms with Crippen molar-refractivity contribution in [2.24, 2.45) is 0 Å². The highest BCUT2D eigenvalue weighted by molar-refractivity contribution is 5.72. The molecule has 2 aromatic carbocycles. The van der Waals surface area contributed by atoms with E-state index in [9.17, 15) is 0 Å². The van der Waals surface area contributed by atoms with Crippen LogP contribution in [0, 0.1) is 6.92 Å². The molecule has 1 heteroatoms. The molecule has 0 fully saturated rings. The molecule has 0 amide bonds. The van der Waals surface area contributed by atoms with Crippen LogP contribution in [0.3, 0.4) is 0 Å². The molecule has 4 rings (SSSR count). The number of aromatic nitrogens is 1. The second-order valence-electron chi connectivity index (χ2n) is 6.33. The summed E-state index contributed by atoms with van der Waals surface area (Å²) in [7, 11) is 0. The molecule has 1 aromatic heterocycles. The number of hydrogen-bond acceptors (Lipinski definition) is 0. The molecule has 1 atom stereocenters.